The molecule has 1 spiro atoms. The number of carbonyl (C=O) groups is 1. The van der Waals surface area contributed by atoms with Gasteiger partial charge in [-0.15, -0.1) is 0 Å². The molecule has 7 heteroatoms. The second-order valence-corrected chi connectivity index (χ2v) is 8.10. The van der Waals surface area contributed by atoms with Crippen molar-refractivity contribution >= 4 is 17.5 Å². The van der Waals surface area contributed by atoms with Crippen molar-refractivity contribution in [3.63, 3.8) is 0 Å². The Labute approximate surface area is 147 Å². The third-order valence-electron chi connectivity index (χ3n) is 4.95. The summed E-state index contributed by atoms with van der Waals surface area (Å²) in [6.07, 6.45) is 1.75. The number of likely N-dealkylation sites (tertiary alicyclic amines) is 1. The van der Waals surface area contributed by atoms with Gasteiger partial charge in [0.25, 0.3) is 5.69 Å². The Morgan fingerprint density at radius 3 is 2.40 bits per heavy atom. The predicted molar refractivity (Wildman–Crippen MR) is 94.8 cm³/mol. The molecule has 0 saturated carbocycles. The van der Waals surface area contributed by atoms with E-state index >= 15 is 0 Å². The van der Waals surface area contributed by atoms with Gasteiger partial charge in [0.1, 0.15) is 5.60 Å². The number of anilines is 1. The van der Waals surface area contributed by atoms with Gasteiger partial charge in [0.2, 0.25) is 0 Å². The van der Waals surface area contributed by atoms with E-state index in [0.717, 1.165) is 38.2 Å². The lowest BCUT2D eigenvalue weighted by molar-refractivity contribution is -0.384. The summed E-state index contributed by atoms with van der Waals surface area (Å²) >= 11 is 0. The number of nitro benzene ring substituents is 1. The number of benzene rings is 1. The zero-order valence-electron chi connectivity index (χ0n) is 15.0. The molecule has 0 aliphatic carbocycles. The number of hydrogen-bond donors (Lipinski definition) is 0. The maximum Gasteiger partial charge on any atom is 0.410 e. The molecule has 1 atom stereocenters. The summed E-state index contributed by atoms with van der Waals surface area (Å²) in [6, 6.07) is 6.69. The topological polar surface area (TPSA) is 75.9 Å². The van der Waals surface area contributed by atoms with Gasteiger partial charge in [0, 0.05) is 49.4 Å². The number of hydrogen-bond acceptors (Lipinski definition) is 5. The second-order valence-electron chi connectivity index (χ2n) is 8.10. The van der Waals surface area contributed by atoms with Gasteiger partial charge in [0.15, 0.2) is 0 Å². The first-order valence-electron chi connectivity index (χ1n) is 8.65. The van der Waals surface area contributed by atoms with E-state index in [1.54, 1.807) is 24.3 Å². The zero-order valence-corrected chi connectivity index (χ0v) is 15.0. The molecule has 0 bridgehead atoms. The molecule has 136 valence electrons. The van der Waals surface area contributed by atoms with Crippen molar-refractivity contribution in [3.05, 3.63) is 34.4 Å². The first kappa shape index (κ1) is 17.5. The van der Waals surface area contributed by atoms with E-state index in [1.165, 1.54) is 0 Å². The molecular formula is C18H25N3O4. The first-order chi connectivity index (χ1) is 11.7. The summed E-state index contributed by atoms with van der Waals surface area (Å²) in [5.74, 6) is 0. The highest BCUT2D eigenvalue weighted by Gasteiger charge is 2.45. The molecule has 2 heterocycles. The van der Waals surface area contributed by atoms with Crippen LogP contribution >= 0.6 is 0 Å². The predicted octanol–water partition coefficient (Wildman–Crippen LogP) is 3.43. The fourth-order valence-corrected chi connectivity index (χ4v) is 3.69. The molecule has 2 fully saturated rings. The minimum absolute atomic E-state index is 0.0959. The highest BCUT2D eigenvalue weighted by atomic mass is 16.6. The summed E-state index contributed by atoms with van der Waals surface area (Å²) in [5.41, 5.74) is 0.722. The summed E-state index contributed by atoms with van der Waals surface area (Å²) in [4.78, 5) is 26.7. The van der Waals surface area contributed by atoms with Crippen LogP contribution in [0, 0.1) is 15.5 Å². The lowest BCUT2D eigenvalue weighted by Crippen LogP contribution is -2.37. The Morgan fingerprint density at radius 1 is 1.16 bits per heavy atom. The van der Waals surface area contributed by atoms with Crippen LogP contribution in [0.15, 0.2) is 24.3 Å². The van der Waals surface area contributed by atoms with Gasteiger partial charge in [-0.25, -0.2) is 4.79 Å². The fourth-order valence-electron chi connectivity index (χ4n) is 3.69. The fraction of sp³-hybridized carbons (Fsp3) is 0.611. The number of amides is 1. The van der Waals surface area contributed by atoms with Gasteiger partial charge in [-0.1, -0.05) is 0 Å². The summed E-state index contributed by atoms with van der Waals surface area (Å²) in [6.45, 7) is 8.84. The zero-order chi connectivity index (χ0) is 18.2. The van der Waals surface area contributed by atoms with Crippen molar-refractivity contribution in [3.8, 4) is 0 Å². The first-order valence-corrected chi connectivity index (χ1v) is 8.65. The summed E-state index contributed by atoms with van der Waals surface area (Å²) in [5, 5.41) is 10.8. The monoisotopic (exact) mass is 347 g/mol. The van der Waals surface area contributed by atoms with Crippen LogP contribution in [-0.2, 0) is 4.74 Å². The van der Waals surface area contributed by atoms with E-state index in [-0.39, 0.29) is 22.1 Å². The number of nitro groups is 1. The highest BCUT2D eigenvalue weighted by Crippen LogP contribution is 2.41. The number of ether oxygens (including phenoxy) is 1. The van der Waals surface area contributed by atoms with E-state index in [9.17, 15) is 14.9 Å². The SMILES string of the molecule is CC(C)(C)OC(=O)N1CCC2(CCN(c3ccc([N+](=O)[O-])cc3)C2)C1. The Bertz CT molecular complexity index is 668. The molecular weight excluding hydrogens is 322 g/mol. The smallest absolute Gasteiger partial charge is 0.410 e. The Kier molecular flexibility index (Phi) is 4.34. The van der Waals surface area contributed by atoms with E-state index in [4.69, 9.17) is 4.74 Å². The largest absolute Gasteiger partial charge is 0.444 e. The Hall–Kier alpha value is -2.31. The van der Waals surface area contributed by atoms with Crippen LogP contribution in [0.25, 0.3) is 0 Å². The average molecular weight is 347 g/mol. The van der Waals surface area contributed by atoms with Gasteiger partial charge in [0.05, 0.1) is 4.92 Å². The van der Waals surface area contributed by atoms with Gasteiger partial charge in [-0.2, -0.15) is 0 Å². The summed E-state index contributed by atoms with van der Waals surface area (Å²) in [7, 11) is 0. The van der Waals surface area contributed by atoms with E-state index in [0.29, 0.717) is 6.54 Å². The van der Waals surface area contributed by atoms with Crippen LogP contribution in [0.3, 0.4) is 0 Å². The van der Waals surface area contributed by atoms with Crippen LogP contribution < -0.4 is 4.90 Å². The van der Waals surface area contributed by atoms with Crippen molar-refractivity contribution in [1.82, 2.24) is 4.90 Å². The molecule has 1 amide bonds. The van der Waals surface area contributed by atoms with E-state index < -0.39 is 5.60 Å². The molecule has 0 aromatic heterocycles. The van der Waals surface area contributed by atoms with E-state index in [2.05, 4.69) is 4.90 Å². The normalized spacial score (nSPS) is 23.3. The quantitative estimate of drug-likeness (QED) is 0.605. The Morgan fingerprint density at radius 2 is 1.80 bits per heavy atom. The van der Waals surface area contributed by atoms with Crippen molar-refractivity contribution < 1.29 is 14.5 Å². The lowest BCUT2D eigenvalue weighted by Gasteiger charge is -2.27. The van der Waals surface area contributed by atoms with Gasteiger partial charge in [-0.05, 0) is 45.7 Å². The molecule has 0 radical (unpaired) electrons. The van der Waals surface area contributed by atoms with Crippen LogP contribution in [-0.4, -0.2) is 47.7 Å². The third-order valence-corrected chi connectivity index (χ3v) is 4.95. The second kappa shape index (κ2) is 6.20. The maximum absolute atomic E-state index is 12.3. The minimum Gasteiger partial charge on any atom is -0.444 e. The molecule has 1 aromatic rings. The molecule has 2 aliphatic rings. The summed E-state index contributed by atoms with van der Waals surface area (Å²) < 4.78 is 5.48. The number of carbonyl (C=O) groups excluding carboxylic acids is 1. The van der Waals surface area contributed by atoms with Crippen molar-refractivity contribution in [1.29, 1.82) is 0 Å². The maximum atomic E-state index is 12.3. The van der Waals surface area contributed by atoms with Crippen LogP contribution in [0.1, 0.15) is 33.6 Å². The molecule has 25 heavy (non-hydrogen) atoms. The molecule has 2 saturated heterocycles. The van der Waals surface area contributed by atoms with Crippen LogP contribution in [0.2, 0.25) is 0 Å². The number of nitrogens with zero attached hydrogens (tertiary/aromatic N) is 3. The molecule has 2 aliphatic heterocycles. The van der Waals surface area contributed by atoms with Crippen molar-refractivity contribution in [2.24, 2.45) is 5.41 Å². The molecule has 1 aromatic carbocycles. The minimum atomic E-state index is -0.479. The average Bonchev–Trinajstić information content (AvgIpc) is 3.14. The number of non-ortho nitro benzene ring substituents is 1. The highest BCUT2D eigenvalue weighted by molar-refractivity contribution is 5.68. The van der Waals surface area contributed by atoms with Gasteiger partial charge in [-0.3, -0.25) is 10.1 Å². The number of rotatable bonds is 2. The molecule has 3 rings (SSSR count). The van der Waals surface area contributed by atoms with Crippen molar-refractivity contribution in [2.75, 3.05) is 31.1 Å². The van der Waals surface area contributed by atoms with Gasteiger partial charge >= 0.3 is 6.09 Å². The van der Waals surface area contributed by atoms with Crippen molar-refractivity contribution in [2.45, 2.75) is 39.2 Å². The standard InChI is InChI=1S/C18H25N3O4/c1-17(2,3)25-16(22)20-11-9-18(13-20)8-10-19(12-18)14-4-6-15(7-5-14)21(23)24/h4-7H,8-13H2,1-3H3. The molecule has 7 nitrogen and oxygen atoms in total. The van der Waals surface area contributed by atoms with Gasteiger partial charge < -0.3 is 14.5 Å². The molecule has 1 unspecified atom stereocenters. The third kappa shape index (κ3) is 3.86. The molecule has 0 N–H and O–H groups in total. The lowest BCUT2D eigenvalue weighted by atomic mass is 9.86. The Balaban J connectivity index is 1.62. The van der Waals surface area contributed by atoms with Crippen LogP contribution in [0.5, 0.6) is 0 Å². The van der Waals surface area contributed by atoms with Crippen LogP contribution in [0.4, 0.5) is 16.2 Å². The van der Waals surface area contributed by atoms with E-state index in [1.807, 2.05) is 25.7 Å².